The number of aromatic nitrogens is 3. The number of pyridine rings is 2. The first kappa shape index (κ1) is 17.8. The summed E-state index contributed by atoms with van der Waals surface area (Å²) in [6, 6.07) is 6.23. The number of piperidine rings is 2. The van der Waals surface area contributed by atoms with Crippen LogP contribution in [0.5, 0.6) is 0 Å². The lowest BCUT2D eigenvalue weighted by Crippen LogP contribution is -2.36. The predicted molar refractivity (Wildman–Crippen MR) is 113 cm³/mol. The summed E-state index contributed by atoms with van der Waals surface area (Å²) < 4.78 is 14.8. The maximum atomic E-state index is 13.7. The van der Waals surface area contributed by atoms with Crippen LogP contribution in [0.4, 0.5) is 15.9 Å². The second-order valence-corrected chi connectivity index (χ2v) is 8.70. The van der Waals surface area contributed by atoms with E-state index < -0.39 is 6.17 Å². The van der Waals surface area contributed by atoms with Crippen molar-refractivity contribution in [2.45, 2.75) is 38.3 Å². The van der Waals surface area contributed by atoms with Crippen LogP contribution in [0.25, 0.3) is 20.9 Å². The van der Waals surface area contributed by atoms with Crippen molar-refractivity contribution < 1.29 is 4.39 Å². The highest BCUT2D eigenvalue weighted by Gasteiger charge is 2.20. The van der Waals surface area contributed by atoms with Crippen LogP contribution in [0, 0.1) is 0 Å². The van der Waals surface area contributed by atoms with Gasteiger partial charge in [0.25, 0.3) is 0 Å². The van der Waals surface area contributed by atoms with Crippen molar-refractivity contribution in [1.82, 2.24) is 15.0 Å². The molecule has 0 N–H and O–H groups in total. The summed E-state index contributed by atoms with van der Waals surface area (Å²) in [6.45, 7) is 3.54. The number of fused-ring (bicyclic) bond motifs is 1. The van der Waals surface area contributed by atoms with Crippen LogP contribution >= 0.6 is 11.3 Å². The van der Waals surface area contributed by atoms with Gasteiger partial charge in [0.15, 0.2) is 5.65 Å². The molecule has 1 atom stereocenters. The van der Waals surface area contributed by atoms with Crippen molar-refractivity contribution in [1.29, 1.82) is 0 Å². The third-order valence-electron chi connectivity index (χ3n) is 5.64. The van der Waals surface area contributed by atoms with Gasteiger partial charge in [0.2, 0.25) is 0 Å². The van der Waals surface area contributed by atoms with Gasteiger partial charge in [-0.2, -0.15) is 0 Å². The zero-order valence-corrected chi connectivity index (χ0v) is 16.7. The summed E-state index contributed by atoms with van der Waals surface area (Å²) in [7, 11) is 0. The molecule has 0 bridgehead atoms. The van der Waals surface area contributed by atoms with Crippen molar-refractivity contribution in [3.8, 4) is 10.6 Å². The van der Waals surface area contributed by atoms with Gasteiger partial charge >= 0.3 is 0 Å². The van der Waals surface area contributed by atoms with E-state index in [1.807, 2.05) is 29.4 Å². The van der Waals surface area contributed by atoms with Crippen molar-refractivity contribution >= 4 is 33.2 Å². The molecule has 28 heavy (non-hydrogen) atoms. The molecule has 5 rings (SSSR count). The van der Waals surface area contributed by atoms with Crippen LogP contribution in [0.1, 0.15) is 32.1 Å². The quantitative estimate of drug-likeness (QED) is 0.642. The highest BCUT2D eigenvalue weighted by molar-refractivity contribution is 7.21. The Morgan fingerprint density at radius 2 is 1.82 bits per heavy atom. The van der Waals surface area contributed by atoms with Gasteiger partial charge in [-0.15, -0.1) is 11.3 Å². The van der Waals surface area contributed by atoms with Gasteiger partial charge in [0.05, 0.1) is 23.1 Å². The Bertz CT molecular complexity index is 951. The Hall–Kier alpha value is -2.28. The molecule has 0 saturated carbocycles. The Morgan fingerprint density at radius 1 is 0.964 bits per heavy atom. The summed E-state index contributed by atoms with van der Waals surface area (Å²) in [5.41, 5.74) is 2.97. The molecule has 2 aliphatic rings. The molecule has 0 aromatic carbocycles. The third kappa shape index (κ3) is 3.55. The van der Waals surface area contributed by atoms with Gasteiger partial charge in [0.1, 0.15) is 17.0 Å². The molecule has 0 spiro atoms. The van der Waals surface area contributed by atoms with Gasteiger partial charge in [-0.3, -0.25) is 0 Å². The number of alkyl halides is 1. The minimum absolute atomic E-state index is 0.441. The number of rotatable bonds is 3. The summed E-state index contributed by atoms with van der Waals surface area (Å²) in [5.74, 6) is 0.845. The van der Waals surface area contributed by atoms with E-state index in [4.69, 9.17) is 4.98 Å². The maximum Gasteiger partial charge on any atom is 0.171 e. The Labute approximate surface area is 168 Å². The van der Waals surface area contributed by atoms with Crippen LogP contribution < -0.4 is 9.80 Å². The molecular formula is C21H24FN5S. The molecule has 0 radical (unpaired) electrons. The van der Waals surface area contributed by atoms with Crippen molar-refractivity contribution in [2.75, 3.05) is 36.0 Å². The normalized spacial score (nSPS) is 20.7. The largest absolute Gasteiger partial charge is 0.370 e. The van der Waals surface area contributed by atoms with Gasteiger partial charge in [0, 0.05) is 31.4 Å². The first-order valence-corrected chi connectivity index (χ1v) is 10.9. The average Bonchev–Trinajstić information content (AvgIpc) is 3.18. The standard InChI is InChI=1S/C21H24FN5S/c22-16-5-4-10-27(14-16)19-7-6-15(12-23-19)21-25-20-18(28-21)11-17(13-24-20)26-8-2-1-3-9-26/h6-7,11-13,16H,1-5,8-10,14H2/t16-/m1/s1. The lowest BCUT2D eigenvalue weighted by atomic mass is 10.1. The molecule has 2 saturated heterocycles. The second kappa shape index (κ2) is 7.62. The second-order valence-electron chi connectivity index (χ2n) is 7.67. The van der Waals surface area contributed by atoms with Crippen LogP contribution in [0.3, 0.4) is 0 Å². The lowest BCUT2D eigenvalue weighted by Gasteiger charge is -2.29. The van der Waals surface area contributed by atoms with Crippen LogP contribution in [-0.4, -0.2) is 47.3 Å². The Balaban J connectivity index is 1.38. The van der Waals surface area contributed by atoms with Crippen LogP contribution in [-0.2, 0) is 0 Å². The topological polar surface area (TPSA) is 45.2 Å². The fourth-order valence-corrected chi connectivity index (χ4v) is 5.04. The molecule has 7 heteroatoms. The van der Waals surface area contributed by atoms with E-state index in [1.54, 1.807) is 11.3 Å². The summed E-state index contributed by atoms with van der Waals surface area (Å²) >= 11 is 1.66. The molecule has 146 valence electrons. The number of hydrogen-bond donors (Lipinski definition) is 0. The minimum Gasteiger partial charge on any atom is -0.370 e. The first-order valence-electron chi connectivity index (χ1n) is 10.1. The fraction of sp³-hybridized carbons (Fsp3) is 0.476. The number of thiazole rings is 1. The first-order chi connectivity index (χ1) is 13.8. The molecule has 3 aromatic rings. The molecular weight excluding hydrogens is 373 g/mol. The van der Waals surface area contributed by atoms with E-state index in [-0.39, 0.29) is 0 Å². The minimum atomic E-state index is -0.750. The van der Waals surface area contributed by atoms with Crippen molar-refractivity contribution in [3.63, 3.8) is 0 Å². The zero-order valence-electron chi connectivity index (χ0n) is 15.9. The van der Waals surface area contributed by atoms with Gasteiger partial charge in [-0.25, -0.2) is 19.3 Å². The van der Waals surface area contributed by atoms with Gasteiger partial charge in [-0.1, -0.05) is 0 Å². The summed E-state index contributed by atoms with van der Waals surface area (Å²) in [4.78, 5) is 18.3. The maximum absolute atomic E-state index is 13.7. The smallest absolute Gasteiger partial charge is 0.171 e. The molecule has 0 aliphatic carbocycles. The fourth-order valence-electron chi connectivity index (χ4n) is 4.09. The molecule has 3 aromatic heterocycles. The van der Waals surface area contributed by atoms with E-state index >= 15 is 0 Å². The molecule has 2 fully saturated rings. The third-order valence-corrected chi connectivity index (χ3v) is 6.68. The number of halogens is 1. The lowest BCUT2D eigenvalue weighted by molar-refractivity contribution is 0.286. The van der Waals surface area contributed by atoms with Crippen molar-refractivity contribution in [3.05, 3.63) is 30.6 Å². The molecule has 5 heterocycles. The Morgan fingerprint density at radius 3 is 2.61 bits per heavy atom. The molecule has 2 aliphatic heterocycles. The van der Waals surface area contributed by atoms with Crippen LogP contribution in [0.15, 0.2) is 30.6 Å². The van der Waals surface area contributed by atoms with E-state index in [0.29, 0.717) is 13.0 Å². The van der Waals surface area contributed by atoms with Crippen molar-refractivity contribution in [2.24, 2.45) is 0 Å². The predicted octanol–water partition coefficient (Wildman–Crippen LogP) is 4.68. The highest BCUT2D eigenvalue weighted by Crippen LogP contribution is 2.32. The SMILES string of the molecule is F[C@@H]1CCCN(c2ccc(-c3nc4ncc(N5CCCCC5)cc4s3)cn2)C1. The van der Waals surface area contributed by atoms with E-state index in [1.165, 1.54) is 24.9 Å². The number of hydrogen-bond acceptors (Lipinski definition) is 6. The number of anilines is 2. The summed E-state index contributed by atoms with van der Waals surface area (Å²) in [6.07, 6.45) is 8.42. The molecule has 0 amide bonds. The van der Waals surface area contributed by atoms with Gasteiger partial charge in [-0.05, 0) is 50.3 Å². The summed E-state index contributed by atoms with van der Waals surface area (Å²) in [5, 5.41) is 0.930. The highest BCUT2D eigenvalue weighted by atomic mass is 32.1. The Kier molecular flexibility index (Phi) is 4.84. The average molecular weight is 398 g/mol. The van der Waals surface area contributed by atoms with Gasteiger partial charge < -0.3 is 9.80 Å². The van der Waals surface area contributed by atoms with Crippen LogP contribution in [0.2, 0.25) is 0 Å². The number of nitrogens with zero attached hydrogens (tertiary/aromatic N) is 5. The van der Waals surface area contributed by atoms with E-state index in [2.05, 4.69) is 20.9 Å². The zero-order chi connectivity index (χ0) is 18.9. The van der Waals surface area contributed by atoms with E-state index in [0.717, 1.165) is 52.8 Å². The van der Waals surface area contributed by atoms with E-state index in [9.17, 15) is 4.39 Å². The monoisotopic (exact) mass is 397 g/mol. The molecule has 0 unspecified atom stereocenters. The molecule has 5 nitrogen and oxygen atoms in total.